The molecule has 0 aliphatic rings. The highest BCUT2D eigenvalue weighted by molar-refractivity contribution is 5.93. The van der Waals surface area contributed by atoms with Crippen LogP contribution >= 0.6 is 0 Å². The lowest BCUT2D eigenvalue weighted by Gasteiger charge is -2.19. The predicted octanol–water partition coefficient (Wildman–Crippen LogP) is 3.90. The first-order chi connectivity index (χ1) is 13.2. The van der Waals surface area contributed by atoms with Gasteiger partial charge in [-0.2, -0.15) is 0 Å². The maximum atomic E-state index is 12.7. The largest absolute Gasteiger partial charge is 0.467 e. The zero-order valence-corrected chi connectivity index (χ0v) is 15.7. The lowest BCUT2D eigenvalue weighted by atomic mass is 10.2. The Hall–Kier alpha value is -3.15. The highest BCUT2D eigenvalue weighted by atomic mass is 16.3. The molecule has 140 valence electrons. The molecule has 2 aromatic heterocycles. The fourth-order valence-corrected chi connectivity index (χ4v) is 2.64. The number of anilines is 1. The second kappa shape index (κ2) is 8.98. The van der Waals surface area contributed by atoms with E-state index in [1.54, 1.807) is 18.4 Å². The number of unbranched alkanes of at least 4 members (excludes halogenated alkanes) is 1. The molecule has 0 unspecified atom stereocenters. The summed E-state index contributed by atoms with van der Waals surface area (Å²) in [6, 6.07) is 15.0. The highest BCUT2D eigenvalue weighted by Gasteiger charge is 2.15. The zero-order chi connectivity index (χ0) is 19.1. The molecule has 1 aromatic carbocycles. The average molecular weight is 364 g/mol. The molecule has 0 saturated heterocycles. The van der Waals surface area contributed by atoms with Crippen molar-refractivity contribution >= 4 is 11.7 Å². The number of benzene rings is 1. The summed E-state index contributed by atoms with van der Waals surface area (Å²) in [7, 11) is 1.98. The van der Waals surface area contributed by atoms with Crippen molar-refractivity contribution < 1.29 is 9.21 Å². The topological polar surface area (TPSA) is 71.3 Å². The van der Waals surface area contributed by atoms with Gasteiger partial charge < -0.3 is 14.6 Å². The molecule has 27 heavy (non-hydrogen) atoms. The zero-order valence-electron chi connectivity index (χ0n) is 15.7. The van der Waals surface area contributed by atoms with Gasteiger partial charge in [0, 0.05) is 25.2 Å². The Morgan fingerprint density at radius 2 is 1.96 bits per heavy atom. The van der Waals surface area contributed by atoms with Crippen molar-refractivity contribution in [3.05, 3.63) is 66.2 Å². The number of rotatable bonds is 8. The van der Waals surface area contributed by atoms with Crippen LogP contribution in [-0.4, -0.2) is 29.5 Å². The first-order valence-electron chi connectivity index (χ1n) is 9.13. The summed E-state index contributed by atoms with van der Waals surface area (Å²) < 4.78 is 5.26. The number of hydrogen-bond donors (Lipinski definition) is 1. The van der Waals surface area contributed by atoms with Crippen LogP contribution in [-0.2, 0) is 6.54 Å². The summed E-state index contributed by atoms with van der Waals surface area (Å²) in [5.41, 5.74) is 1.22. The minimum atomic E-state index is -0.254. The lowest BCUT2D eigenvalue weighted by Crippen LogP contribution is -2.26. The Kier molecular flexibility index (Phi) is 6.20. The number of amides is 1. The van der Waals surface area contributed by atoms with Crippen molar-refractivity contribution in [3.8, 4) is 11.4 Å². The lowest BCUT2D eigenvalue weighted by molar-refractivity contribution is 0.0943. The first kappa shape index (κ1) is 18.6. The summed E-state index contributed by atoms with van der Waals surface area (Å²) >= 11 is 0. The molecule has 0 aliphatic heterocycles. The molecule has 1 N–H and O–H groups in total. The van der Waals surface area contributed by atoms with Crippen LogP contribution in [0.25, 0.3) is 11.4 Å². The number of nitrogens with one attached hydrogen (secondary N) is 1. The Balaban J connectivity index is 1.87. The molecule has 6 heteroatoms. The average Bonchev–Trinajstić information content (AvgIpc) is 3.24. The van der Waals surface area contributed by atoms with Gasteiger partial charge in [-0.3, -0.25) is 4.79 Å². The minimum Gasteiger partial charge on any atom is -0.467 e. The molecular formula is C21H24N4O2. The van der Waals surface area contributed by atoms with E-state index in [0.29, 0.717) is 23.8 Å². The molecule has 0 radical (unpaired) electrons. The number of carbonyl (C=O) groups is 1. The van der Waals surface area contributed by atoms with Crippen LogP contribution in [0.3, 0.4) is 0 Å². The summed E-state index contributed by atoms with van der Waals surface area (Å²) in [6.07, 6.45) is 3.74. The Bertz CT molecular complexity index is 863. The molecule has 0 saturated carbocycles. The monoisotopic (exact) mass is 364 g/mol. The summed E-state index contributed by atoms with van der Waals surface area (Å²) in [5.74, 6) is 1.72. The van der Waals surface area contributed by atoms with Crippen molar-refractivity contribution in [2.24, 2.45) is 0 Å². The van der Waals surface area contributed by atoms with E-state index < -0.39 is 0 Å². The highest BCUT2D eigenvalue weighted by Crippen LogP contribution is 2.20. The van der Waals surface area contributed by atoms with Crippen molar-refractivity contribution in [1.82, 2.24) is 15.3 Å². The second-order valence-corrected chi connectivity index (χ2v) is 6.34. The summed E-state index contributed by atoms with van der Waals surface area (Å²) in [5, 5.41) is 2.85. The van der Waals surface area contributed by atoms with Crippen molar-refractivity contribution in [2.75, 3.05) is 18.5 Å². The smallest absolute Gasteiger partial charge is 0.270 e. The van der Waals surface area contributed by atoms with Gasteiger partial charge >= 0.3 is 0 Å². The molecule has 0 aliphatic carbocycles. The van der Waals surface area contributed by atoms with Gasteiger partial charge in [-0.05, 0) is 18.6 Å². The Morgan fingerprint density at radius 1 is 1.15 bits per heavy atom. The van der Waals surface area contributed by atoms with E-state index in [1.165, 1.54) is 0 Å². The van der Waals surface area contributed by atoms with E-state index in [4.69, 9.17) is 4.42 Å². The standard InChI is InChI=1S/C21H24N4O2/c1-3-4-12-25(2)19-14-18(21(26)22-15-17-11-8-13-27-17)23-20(24-19)16-9-6-5-7-10-16/h5-11,13-14H,3-4,12,15H2,1-2H3,(H,22,26). The van der Waals surface area contributed by atoms with Gasteiger partial charge in [0.05, 0.1) is 12.8 Å². The molecule has 0 fully saturated rings. The van der Waals surface area contributed by atoms with Gasteiger partial charge in [-0.15, -0.1) is 0 Å². The number of aromatic nitrogens is 2. The molecule has 3 rings (SSSR count). The van der Waals surface area contributed by atoms with Crippen LogP contribution in [0.15, 0.2) is 59.2 Å². The van der Waals surface area contributed by atoms with E-state index in [1.807, 2.05) is 43.4 Å². The van der Waals surface area contributed by atoms with Crippen LogP contribution in [0.1, 0.15) is 36.0 Å². The Morgan fingerprint density at radius 3 is 2.67 bits per heavy atom. The SMILES string of the molecule is CCCCN(C)c1cc(C(=O)NCc2ccco2)nc(-c2ccccc2)n1. The van der Waals surface area contributed by atoms with Crippen LogP contribution < -0.4 is 10.2 Å². The van der Waals surface area contributed by atoms with Gasteiger partial charge in [0.25, 0.3) is 5.91 Å². The fraction of sp³-hybridized carbons (Fsp3) is 0.286. The van der Waals surface area contributed by atoms with Crippen molar-refractivity contribution in [3.63, 3.8) is 0 Å². The van der Waals surface area contributed by atoms with Gasteiger partial charge in [0.2, 0.25) is 0 Å². The quantitative estimate of drug-likeness (QED) is 0.656. The molecule has 6 nitrogen and oxygen atoms in total. The molecule has 0 bridgehead atoms. The van der Waals surface area contributed by atoms with E-state index in [0.717, 1.165) is 30.8 Å². The Labute approximate surface area is 159 Å². The predicted molar refractivity (Wildman–Crippen MR) is 106 cm³/mol. The summed E-state index contributed by atoms with van der Waals surface area (Å²) in [6.45, 7) is 3.34. The summed E-state index contributed by atoms with van der Waals surface area (Å²) in [4.78, 5) is 23.9. The molecule has 0 spiro atoms. The van der Waals surface area contributed by atoms with Gasteiger partial charge in [0.15, 0.2) is 5.82 Å². The van der Waals surface area contributed by atoms with E-state index in [-0.39, 0.29) is 5.91 Å². The van der Waals surface area contributed by atoms with Crippen molar-refractivity contribution in [2.45, 2.75) is 26.3 Å². The first-order valence-corrected chi connectivity index (χ1v) is 9.13. The third-order valence-corrected chi connectivity index (χ3v) is 4.22. The molecule has 3 aromatic rings. The molecule has 0 atom stereocenters. The maximum Gasteiger partial charge on any atom is 0.270 e. The normalized spacial score (nSPS) is 10.6. The molecule has 2 heterocycles. The van der Waals surface area contributed by atoms with Crippen LogP contribution in [0.5, 0.6) is 0 Å². The number of furan rings is 1. The second-order valence-electron chi connectivity index (χ2n) is 6.34. The van der Waals surface area contributed by atoms with E-state index in [2.05, 4.69) is 27.1 Å². The van der Waals surface area contributed by atoms with Gasteiger partial charge in [-0.25, -0.2) is 9.97 Å². The number of nitrogens with zero attached hydrogens (tertiary/aromatic N) is 3. The van der Waals surface area contributed by atoms with Crippen LogP contribution in [0.4, 0.5) is 5.82 Å². The van der Waals surface area contributed by atoms with E-state index >= 15 is 0 Å². The van der Waals surface area contributed by atoms with E-state index in [9.17, 15) is 4.79 Å². The molecule has 1 amide bonds. The van der Waals surface area contributed by atoms with Gasteiger partial charge in [-0.1, -0.05) is 43.7 Å². The maximum absolute atomic E-state index is 12.7. The van der Waals surface area contributed by atoms with Crippen LogP contribution in [0, 0.1) is 0 Å². The molecular weight excluding hydrogens is 340 g/mol. The number of carbonyl (C=O) groups excluding carboxylic acids is 1. The van der Waals surface area contributed by atoms with Crippen LogP contribution in [0.2, 0.25) is 0 Å². The minimum absolute atomic E-state index is 0.254. The number of hydrogen-bond acceptors (Lipinski definition) is 5. The van der Waals surface area contributed by atoms with Crippen molar-refractivity contribution in [1.29, 1.82) is 0 Å². The van der Waals surface area contributed by atoms with Gasteiger partial charge in [0.1, 0.15) is 17.3 Å². The fourth-order valence-electron chi connectivity index (χ4n) is 2.64. The third-order valence-electron chi connectivity index (χ3n) is 4.22. The third kappa shape index (κ3) is 4.94.